The lowest BCUT2D eigenvalue weighted by atomic mass is 9.92. The van der Waals surface area contributed by atoms with E-state index in [0.717, 1.165) is 49.4 Å². The van der Waals surface area contributed by atoms with Gasteiger partial charge in [0.05, 0.1) is 18.7 Å². The first-order valence-corrected chi connectivity index (χ1v) is 12.4. The van der Waals surface area contributed by atoms with E-state index in [0.29, 0.717) is 31.8 Å². The van der Waals surface area contributed by atoms with Crippen molar-refractivity contribution in [3.63, 3.8) is 0 Å². The van der Waals surface area contributed by atoms with Gasteiger partial charge in [-0.1, -0.05) is 36.4 Å². The fraction of sp³-hybridized carbons (Fsp3) is 0.357. The van der Waals surface area contributed by atoms with E-state index in [1.807, 2.05) is 23.2 Å². The number of nitrogens with zero attached hydrogens (tertiary/aromatic N) is 5. The third-order valence-corrected chi connectivity index (χ3v) is 7.17. The molecule has 3 aromatic rings. The number of fused-ring (bicyclic) bond motifs is 2. The third-order valence-electron chi connectivity index (χ3n) is 7.17. The zero-order valence-corrected chi connectivity index (χ0v) is 19.8. The normalized spacial score (nSPS) is 19.2. The molecule has 1 unspecified atom stereocenters. The van der Waals surface area contributed by atoms with Crippen LogP contribution in [-0.2, 0) is 25.9 Å². The van der Waals surface area contributed by atoms with E-state index >= 15 is 0 Å². The number of rotatable bonds is 5. The molecule has 0 saturated carbocycles. The van der Waals surface area contributed by atoms with Crippen LogP contribution >= 0.6 is 0 Å². The molecule has 0 aliphatic carbocycles. The Morgan fingerprint density at radius 2 is 1.89 bits per heavy atom. The molecule has 178 valence electrons. The summed E-state index contributed by atoms with van der Waals surface area (Å²) >= 11 is 0. The Morgan fingerprint density at radius 1 is 1.00 bits per heavy atom. The minimum Gasteiger partial charge on any atom is -0.492 e. The molecule has 7 heteroatoms. The first-order chi connectivity index (χ1) is 17.2. The predicted molar refractivity (Wildman–Crippen MR) is 133 cm³/mol. The summed E-state index contributed by atoms with van der Waals surface area (Å²) in [6.07, 6.45) is 5.27. The van der Waals surface area contributed by atoms with Crippen LogP contribution < -0.4 is 4.74 Å². The maximum atomic E-state index is 13.6. The fourth-order valence-corrected chi connectivity index (χ4v) is 5.34. The highest BCUT2D eigenvalue weighted by Crippen LogP contribution is 2.36. The second kappa shape index (κ2) is 9.58. The van der Waals surface area contributed by atoms with Crippen molar-refractivity contribution in [2.45, 2.75) is 32.0 Å². The van der Waals surface area contributed by atoms with Gasteiger partial charge in [-0.05, 0) is 39.9 Å². The van der Waals surface area contributed by atoms with Crippen LogP contribution in [0.25, 0.3) is 0 Å². The van der Waals surface area contributed by atoms with Crippen LogP contribution in [0.5, 0.6) is 5.75 Å². The number of azo groups is 1. The van der Waals surface area contributed by atoms with E-state index in [4.69, 9.17) is 4.74 Å². The lowest BCUT2D eigenvalue weighted by Crippen LogP contribution is -2.48. The summed E-state index contributed by atoms with van der Waals surface area (Å²) in [5.74, 6) is 0.832. The number of hydrogen-bond acceptors (Lipinski definition) is 6. The largest absolute Gasteiger partial charge is 0.492 e. The number of ether oxygens (including phenoxy) is 1. The molecule has 4 heterocycles. The predicted octanol–water partition coefficient (Wildman–Crippen LogP) is 4.22. The van der Waals surface area contributed by atoms with E-state index in [1.54, 1.807) is 6.20 Å². The monoisotopic (exact) mass is 467 g/mol. The van der Waals surface area contributed by atoms with Gasteiger partial charge in [-0.25, -0.2) is 0 Å². The summed E-state index contributed by atoms with van der Waals surface area (Å²) in [5.41, 5.74) is 6.61. The summed E-state index contributed by atoms with van der Waals surface area (Å²) < 4.78 is 5.94. The molecule has 0 N–H and O–H groups in total. The second-order valence-corrected chi connectivity index (χ2v) is 9.49. The van der Waals surface area contributed by atoms with Gasteiger partial charge in [0, 0.05) is 58.0 Å². The number of hydrogen-bond donors (Lipinski definition) is 0. The van der Waals surface area contributed by atoms with Crippen molar-refractivity contribution in [3.05, 3.63) is 94.3 Å². The number of piperazine rings is 1. The molecular weight excluding hydrogens is 438 g/mol. The minimum absolute atomic E-state index is 0.0145. The molecule has 0 spiro atoms. The van der Waals surface area contributed by atoms with Crippen molar-refractivity contribution in [2.75, 3.05) is 32.8 Å². The summed E-state index contributed by atoms with van der Waals surface area (Å²) in [6.45, 7) is 5.25. The van der Waals surface area contributed by atoms with E-state index < -0.39 is 0 Å². The number of amides is 1. The van der Waals surface area contributed by atoms with Crippen molar-refractivity contribution in [2.24, 2.45) is 10.2 Å². The minimum atomic E-state index is -0.0145. The Bertz CT molecular complexity index is 1250. The molecule has 1 fully saturated rings. The van der Waals surface area contributed by atoms with E-state index in [2.05, 4.69) is 56.5 Å². The van der Waals surface area contributed by atoms with Crippen LogP contribution in [0.1, 0.15) is 44.2 Å². The number of carbonyl (C=O) groups excluding carboxylic acids is 1. The Balaban J connectivity index is 1.19. The summed E-state index contributed by atoms with van der Waals surface area (Å²) in [4.78, 5) is 22.2. The van der Waals surface area contributed by atoms with Crippen molar-refractivity contribution in [3.8, 4) is 5.75 Å². The van der Waals surface area contributed by atoms with Gasteiger partial charge in [-0.15, -0.1) is 0 Å². The van der Waals surface area contributed by atoms with E-state index in [1.165, 1.54) is 16.7 Å². The average Bonchev–Trinajstić information content (AvgIpc) is 3.38. The molecule has 0 bridgehead atoms. The maximum absolute atomic E-state index is 13.6. The molecule has 6 rings (SSSR count). The number of aromatic nitrogens is 1. The number of benzene rings is 2. The highest BCUT2D eigenvalue weighted by molar-refractivity contribution is 5.98. The first-order valence-electron chi connectivity index (χ1n) is 12.4. The molecule has 7 nitrogen and oxygen atoms in total. The van der Waals surface area contributed by atoms with Gasteiger partial charge in [-0.2, -0.15) is 10.2 Å². The van der Waals surface area contributed by atoms with Gasteiger partial charge >= 0.3 is 0 Å². The van der Waals surface area contributed by atoms with Crippen LogP contribution in [0.2, 0.25) is 0 Å². The average molecular weight is 468 g/mol. The number of carbonyl (C=O) groups is 1. The Morgan fingerprint density at radius 3 is 2.74 bits per heavy atom. The van der Waals surface area contributed by atoms with Crippen molar-refractivity contribution >= 4 is 5.91 Å². The molecule has 0 radical (unpaired) electrons. The van der Waals surface area contributed by atoms with Crippen LogP contribution in [0.15, 0.2) is 71.2 Å². The van der Waals surface area contributed by atoms with Crippen LogP contribution in [0.3, 0.4) is 0 Å². The highest BCUT2D eigenvalue weighted by atomic mass is 16.5. The van der Waals surface area contributed by atoms with Crippen molar-refractivity contribution in [1.29, 1.82) is 0 Å². The van der Waals surface area contributed by atoms with Gasteiger partial charge in [0.2, 0.25) is 0 Å². The quantitative estimate of drug-likeness (QED) is 0.563. The molecule has 3 aliphatic heterocycles. The molecule has 2 aromatic carbocycles. The third kappa shape index (κ3) is 4.56. The highest BCUT2D eigenvalue weighted by Gasteiger charge is 2.29. The molecule has 1 aromatic heterocycles. The van der Waals surface area contributed by atoms with Gasteiger partial charge in [-0.3, -0.25) is 14.7 Å². The molecule has 3 aliphatic rings. The fourth-order valence-electron chi connectivity index (χ4n) is 5.34. The SMILES string of the molecule is O=C(c1cc(CC2N=NCc3ccccc32)cc2c1OCC2)N1CCN(Cc2cccnc2)CC1. The molecule has 35 heavy (non-hydrogen) atoms. The van der Waals surface area contributed by atoms with Crippen LogP contribution in [-0.4, -0.2) is 53.5 Å². The Labute approximate surface area is 205 Å². The van der Waals surface area contributed by atoms with E-state index in [-0.39, 0.29) is 11.9 Å². The zero-order chi connectivity index (χ0) is 23.6. The summed E-state index contributed by atoms with van der Waals surface area (Å²) in [7, 11) is 0. The van der Waals surface area contributed by atoms with E-state index in [9.17, 15) is 4.79 Å². The number of pyridine rings is 1. The van der Waals surface area contributed by atoms with Crippen LogP contribution in [0.4, 0.5) is 0 Å². The smallest absolute Gasteiger partial charge is 0.257 e. The maximum Gasteiger partial charge on any atom is 0.257 e. The summed E-state index contributed by atoms with van der Waals surface area (Å²) in [6, 6.07) is 16.7. The second-order valence-electron chi connectivity index (χ2n) is 9.49. The first kappa shape index (κ1) is 21.9. The lowest BCUT2D eigenvalue weighted by molar-refractivity contribution is 0.0625. The molecule has 1 saturated heterocycles. The Hall–Kier alpha value is -3.58. The van der Waals surface area contributed by atoms with Gasteiger partial charge < -0.3 is 9.64 Å². The van der Waals surface area contributed by atoms with Crippen molar-refractivity contribution < 1.29 is 9.53 Å². The summed E-state index contributed by atoms with van der Waals surface area (Å²) in [5, 5.41) is 8.91. The molecule has 1 atom stereocenters. The lowest BCUT2D eigenvalue weighted by Gasteiger charge is -2.35. The Kier molecular flexibility index (Phi) is 6.00. The standard InChI is InChI=1S/C28H29N5O2/c34-28(33-11-9-32(10-12-33)19-20-4-3-8-29-17-20)25-15-21(14-22-7-13-35-27(22)25)16-26-24-6-2-1-5-23(24)18-30-31-26/h1-6,8,14-15,17,26H,7,9-13,16,18-19H2. The zero-order valence-electron chi connectivity index (χ0n) is 19.8. The van der Waals surface area contributed by atoms with Gasteiger partial charge in [0.25, 0.3) is 5.91 Å². The molecule has 1 amide bonds. The van der Waals surface area contributed by atoms with Gasteiger partial charge in [0.15, 0.2) is 0 Å². The topological polar surface area (TPSA) is 70.4 Å². The van der Waals surface area contributed by atoms with Crippen LogP contribution in [0, 0.1) is 0 Å². The van der Waals surface area contributed by atoms with Crippen molar-refractivity contribution in [1.82, 2.24) is 14.8 Å². The molecular formula is C28H29N5O2. The van der Waals surface area contributed by atoms with Gasteiger partial charge in [0.1, 0.15) is 11.8 Å².